The zero-order valence-corrected chi connectivity index (χ0v) is 4.55. The third-order valence-electron chi connectivity index (χ3n) is 1.36. The summed E-state index contributed by atoms with van der Waals surface area (Å²) in [7, 11) is 0. The van der Waals surface area contributed by atoms with E-state index in [-0.39, 0.29) is 6.04 Å². The number of carbonyl (C=O) groups is 1. The fraction of sp³-hybridized carbons (Fsp3) is 0.800. The molecule has 1 aliphatic rings. The van der Waals surface area contributed by atoms with Gasteiger partial charge in [0.25, 0.3) is 0 Å². The average molecular weight is 116 g/mol. The van der Waals surface area contributed by atoms with E-state index >= 15 is 0 Å². The molecule has 0 aromatic carbocycles. The quantitative estimate of drug-likeness (QED) is 0.467. The van der Waals surface area contributed by atoms with Crippen LogP contribution in [0.15, 0.2) is 0 Å². The van der Waals surface area contributed by atoms with Crippen LogP contribution in [0, 0.1) is 0 Å². The molecule has 8 heavy (non-hydrogen) atoms. The Hall–Kier alpha value is -0.570. The van der Waals surface area contributed by atoms with Gasteiger partial charge in [-0.25, -0.2) is 0 Å². The van der Waals surface area contributed by atoms with Crippen LogP contribution in [0.25, 0.3) is 0 Å². The van der Waals surface area contributed by atoms with E-state index in [4.69, 9.17) is 5.11 Å². The summed E-state index contributed by atoms with van der Waals surface area (Å²) in [5.41, 5.74) is 0. The molecule has 0 aliphatic carbocycles. The number of carboxylic acids is 1. The second kappa shape index (κ2) is 2.13. The van der Waals surface area contributed by atoms with Gasteiger partial charge in [-0.1, -0.05) is 0 Å². The van der Waals surface area contributed by atoms with Gasteiger partial charge in [0.05, 0.1) is 0 Å². The molecular weight excluding hydrogens is 107 g/mol. The lowest BCUT2D eigenvalue weighted by molar-refractivity contribution is -0.139. The normalized spacial score (nSPS) is 28.2. The minimum Gasteiger partial charge on any atom is -0.480 e. The van der Waals surface area contributed by atoms with Gasteiger partial charge < -0.3 is 10.4 Å². The van der Waals surface area contributed by atoms with E-state index in [2.05, 4.69) is 5.32 Å². The van der Waals surface area contributed by atoms with Crippen LogP contribution in [0.4, 0.5) is 0 Å². The Kier molecular flexibility index (Phi) is 1.48. The lowest BCUT2D eigenvalue weighted by Crippen LogP contribution is -2.29. The summed E-state index contributed by atoms with van der Waals surface area (Å²) in [4.78, 5) is 10.1. The predicted molar refractivity (Wildman–Crippen MR) is 28.7 cm³/mol. The summed E-state index contributed by atoms with van der Waals surface area (Å²) in [5, 5.41) is 11.2. The van der Waals surface area contributed by atoms with Gasteiger partial charge in [0.15, 0.2) is 0 Å². The molecule has 1 saturated heterocycles. The summed E-state index contributed by atoms with van der Waals surface area (Å²) in [6.07, 6.45) is 1.78. The number of hydrogen-bond donors (Lipinski definition) is 2. The Bertz CT molecular complexity index is 96.6. The molecule has 1 heterocycles. The molecule has 0 amide bonds. The molecule has 0 saturated carbocycles. The molecule has 46 valence electrons. The van der Waals surface area contributed by atoms with E-state index in [0.29, 0.717) is 0 Å². The number of rotatable bonds is 1. The summed E-state index contributed by atoms with van der Waals surface area (Å²) in [6.45, 7) is 0.858. The Morgan fingerprint density at radius 2 is 2.50 bits per heavy atom. The van der Waals surface area contributed by atoms with Gasteiger partial charge >= 0.3 is 5.97 Å². The zero-order valence-electron chi connectivity index (χ0n) is 4.55. The summed E-state index contributed by atoms with van der Waals surface area (Å²) in [6, 6.07) is -0.269. The van der Waals surface area contributed by atoms with Crippen molar-refractivity contribution in [3.8, 4) is 0 Å². The van der Waals surface area contributed by atoms with Crippen molar-refractivity contribution >= 4 is 5.97 Å². The van der Waals surface area contributed by atoms with Crippen LogP contribution in [-0.4, -0.2) is 23.7 Å². The molecule has 3 heteroatoms. The molecular formula is C5H9NO2. The topological polar surface area (TPSA) is 49.3 Å². The molecule has 1 atom stereocenters. The largest absolute Gasteiger partial charge is 0.480 e. The highest BCUT2D eigenvalue weighted by Crippen LogP contribution is 2.03. The first-order valence-corrected chi connectivity index (χ1v) is 2.77. The molecule has 0 radical (unpaired) electrons. The minimum absolute atomic E-state index is 0.269. The summed E-state index contributed by atoms with van der Waals surface area (Å²) >= 11 is 0. The highest BCUT2D eigenvalue weighted by molar-refractivity contribution is 5.73. The van der Waals surface area contributed by atoms with Crippen LogP contribution in [0.5, 0.6) is 0 Å². The van der Waals surface area contributed by atoms with E-state index in [1.54, 1.807) is 0 Å². The van der Waals surface area contributed by atoms with Crippen LogP contribution in [0.2, 0.25) is 0 Å². The molecule has 1 rings (SSSR count). The maximum absolute atomic E-state index is 10.1. The minimum atomic E-state index is -0.720. The third-order valence-corrected chi connectivity index (χ3v) is 1.36. The van der Waals surface area contributed by atoms with Crippen molar-refractivity contribution < 1.29 is 9.90 Å². The fourth-order valence-electron chi connectivity index (χ4n) is 0.895. The molecule has 0 spiro atoms. The fourth-order valence-corrected chi connectivity index (χ4v) is 0.895. The van der Waals surface area contributed by atoms with Crippen LogP contribution < -0.4 is 5.32 Å². The van der Waals surface area contributed by atoms with E-state index in [1.165, 1.54) is 0 Å². The second-order valence-electron chi connectivity index (χ2n) is 1.99. The van der Waals surface area contributed by atoms with Gasteiger partial charge in [0.2, 0.25) is 0 Å². The summed E-state index contributed by atoms with van der Waals surface area (Å²) < 4.78 is 0. The van der Waals surface area contributed by atoms with Crippen molar-refractivity contribution in [1.82, 2.24) is 5.32 Å². The first kappa shape index (κ1) is 5.56. The van der Waals surface area contributed by atoms with Crippen LogP contribution >= 0.6 is 0 Å². The van der Waals surface area contributed by atoms with E-state index in [0.717, 1.165) is 19.4 Å². The number of aliphatic carboxylic acids is 1. The third kappa shape index (κ3) is 0.980. The Morgan fingerprint density at radius 3 is 2.75 bits per heavy atom. The predicted octanol–water partition coefficient (Wildman–Crippen LogP) is -0.177. The highest BCUT2D eigenvalue weighted by Gasteiger charge is 2.20. The van der Waals surface area contributed by atoms with E-state index in [1.807, 2.05) is 0 Å². The monoisotopic (exact) mass is 116 g/mol. The van der Waals surface area contributed by atoms with Crippen molar-refractivity contribution in [1.29, 1.82) is 0 Å². The molecule has 2 N–H and O–H groups in total. The van der Waals surface area contributed by atoms with E-state index < -0.39 is 5.97 Å². The Balaban J connectivity index is 2.35. The maximum atomic E-state index is 10.1. The molecule has 1 aliphatic heterocycles. The molecule has 0 bridgehead atoms. The number of nitrogens with one attached hydrogen (secondary N) is 1. The molecule has 0 aromatic rings. The van der Waals surface area contributed by atoms with Crippen LogP contribution in [-0.2, 0) is 4.79 Å². The van der Waals surface area contributed by atoms with Crippen molar-refractivity contribution in [3.05, 3.63) is 0 Å². The van der Waals surface area contributed by atoms with Gasteiger partial charge in [-0.3, -0.25) is 4.79 Å². The van der Waals surface area contributed by atoms with Crippen LogP contribution in [0.3, 0.4) is 0 Å². The average Bonchev–Trinajstić information content (AvgIpc) is 2.12. The Labute approximate surface area is 47.7 Å². The first-order chi connectivity index (χ1) is 3.80. The smallest absolute Gasteiger partial charge is 0.320 e. The standard InChI is InChI=1S/C5H9NO2/c7-5(8)4-2-1-3-6-4/h4,6H,1-3H2,(H,7,8)/i1+1. The van der Waals surface area contributed by atoms with Crippen molar-refractivity contribution in [2.24, 2.45) is 0 Å². The molecule has 3 nitrogen and oxygen atoms in total. The summed E-state index contributed by atoms with van der Waals surface area (Å²) in [5.74, 6) is -0.720. The SMILES string of the molecule is O=C(O)C1C[13CH2]CN1. The van der Waals surface area contributed by atoms with E-state index in [9.17, 15) is 4.79 Å². The lowest BCUT2D eigenvalue weighted by atomic mass is 10.3. The molecule has 1 fully saturated rings. The maximum Gasteiger partial charge on any atom is 0.320 e. The molecule has 1 unspecified atom stereocenters. The second-order valence-corrected chi connectivity index (χ2v) is 1.99. The van der Waals surface area contributed by atoms with Crippen molar-refractivity contribution in [3.63, 3.8) is 0 Å². The van der Waals surface area contributed by atoms with Gasteiger partial charge in [-0.2, -0.15) is 0 Å². The van der Waals surface area contributed by atoms with Gasteiger partial charge in [0, 0.05) is 0 Å². The lowest BCUT2D eigenvalue weighted by Gasteiger charge is -1.99. The first-order valence-electron chi connectivity index (χ1n) is 2.77. The van der Waals surface area contributed by atoms with Crippen LogP contribution in [0.1, 0.15) is 12.8 Å². The molecule has 0 aromatic heterocycles. The van der Waals surface area contributed by atoms with Gasteiger partial charge in [0.1, 0.15) is 6.04 Å². The highest BCUT2D eigenvalue weighted by atomic mass is 16.4. The van der Waals surface area contributed by atoms with Crippen molar-refractivity contribution in [2.45, 2.75) is 18.9 Å². The van der Waals surface area contributed by atoms with Gasteiger partial charge in [-0.15, -0.1) is 0 Å². The number of hydrogen-bond acceptors (Lipinski definition) is 2. The zero-order chi connectivity index (χ0) is 5.98. The Morgan fingerprint density at radius 1 is 1.75 bits per heavy atom. The van der Waals surface area contributed by atoms with Gasteiger partial charge in [-0.05, 0) is 19.4 Å². The van der Waals surface area contributed by atoms with Crippen molar-refractivity contribution in [2.75, 3.05) is 6.54 Å². The number of carboxylic acid groups (broad SMARTS) is 1.